The summed E-state index contributed by atoms with van der Waals surface area (Å²) in [6, 6.07) is 21.9. The molecule has 0 radical (unpaired) electrons. The van der Waals surface area contributed by atoms with E-state index in [0.717, 1.165) is 22.4 Å². The van der Waals surface area contributed by atoms with E-state index >= 15 is 0 Å². The number of nitrogens with one attached hydrogen (secondary N) is 1. The van der Waals surface area contributed by atoms with Crippen LogP contribution in [0.2, 0.25) is 0 Å². The molecular weight excluding hydrogens is 510 g/mol. The lowest BCUT2D eigenvalue weighted by Gasteiger charge is -2.19. The second-order valence-corrected chi connectivity index (χ2v) is 10.9. The van der Waals surface area contributed by atoms with Gasteiger partial charge in [-0.1, -0.05) is 74.5 Å². The van der Waals surface area contributed by atoms with Crippen LogP contribution in [-0.2, 0) is 10.2 Å². The predicted octanol–water partition coefficient (Wildman–Crippen LogP) is 5.80. The average Bonchev–Trinajstić information content (AvgIpc) is 3.35. The number of amides is 1. The molecule has 0 unspecified atom stereocenters. The number of hydrogen-bond donors (Lipinski definition) is 1. The van der Waals surface area contributed by atoms with Crippen molar-refractivity contribution in [1.29, 1.82) is 0 Å². The van der Waals surface area contributed by atoms with Crippen LogP contribution < -0.4 is 14.9 Å². The minimum Gasteiger partial charge on any atom is -0.493 e. The molecule has 202 valence electrons. The van der Waals surface area contributed by atoms with Gasteiger partial charge >= 0.3 is 0 Å². The molecule has 39 heavy (non-hydrogen) atoms. The smallest absolute Gasteiger partial charge is 0.250 e. The van der Waals surface area contributed by atoms with Crippen LogP contribution in [-0.4, -0.2) is 46.9 Å². The molecule has 4 aromatic rings. The van der Waals surface area contributed by atoms with Gasteiger partial charge in [0.25, 0.3) is 5.91 Å². The van der Waals surface area contributed by atoms with Gasteiger partial charge in [0, 0.05) is 11.3 Å². The topological polar surface area (TPSA) is 90.6 Å². The van der Waals surface area contributed by atoms with Crippen molar-refractivity contribution >= 4 is 23.9 Å². The van der Waals surface area contributed by atoms with Crippen molar-refractivity contribution in [3.63, 3.8) is 0 Å². The van der Waals surface area contributed by atoms with E-state index in [1.54, 1.807) is 32.6 Å². The number of thioether (sulfide) groups is 1. The van der Waals surface area contributed by atoms with E-state index in [0.29, 0.717) is 22.5 Å². The number of carbonyl (C=O) groups excluding carboxylic acids is 1. The summed E-state index contributed by atoms with van der Waals surface area (Å²) in [5.41, 5.74) is 7.67. The van der Waals surface area contributed by atoms with E-state index in [-0.39, 0.29) is 17.1 Å². The van der Waals surface area contributed by atoms with Gasteiger partial charge in [-0.2, -0.15) is 5.10 Å². The summed E-state index contributed by atoms with van der Waals surface area (Å²) in [7, 11) is 3.15. The zero-order valence-electron chi connectivity index (χ0n) is 23.1. The van der Waals surface area contributed by atoms with Gasteiger partial charge in [0.1, 0.15) is 0 Å². The summed E-state index contributed by atoms with van der Waals surface area (Å²) < 4.78 is 12.5. The number of ether oxygens (including phenoxy) is 2. The first kappa shape index (κ1) is 27.9. The van der Waals surface area contributed by atoms with Crippen LogP contribution in [0.25, 0.3) is 17.1 Å². The van der Waals surface area contributed by atoms with Gasteiger partial charge in [0.15, 0.2) is 22.5 Å². The van der Waals surface area contributed by atoms with Crippen molar-refractivity contribution in [1.82, 2.24) is 20.2 Å². The van der Waals surface area contributed by atoms with Crippen LogP contribution in [0.5, 0.6) is 11.5 Å². The lowest BCUT2D eigenvalue weighted by Crippen LogP contribution is -2.20. The van der Waals surface area contributed by atoms with Gasteiger partial charge in [-0.05, 0) is 53.8 Å². The molecule has 9 heteroatoms. The molecule has 0 bridgehead atoms. The summed E-state index contributed by atoms with van der Waals surface area (Å²) in [5.74, 6) is 1.79. The molecule has 0 atom stereocenters. The lowest BCUT2D eigenvalue weighted by atomic mass is 9.87. The largest absolute Gasteiger partial charge is 0.493 e. The van der Waals surface area contributed by atoms with Gasteiger partial charge in [-0.3, -0.25) is 9.36 Å². The van der Waals surface area contributed by atoms with E-state index in [2.05, 4.69) is 65.8 Å². The van der Waals surface area contributed by atoms with Crippen molar-refractivity contribution in [2.45, 2.75) is 38.3 Å². The maximum absolute atomic E-state index is 12.6. The molecule has 0 spiro atoms. The second-order valence-electron chi connectivity index (χ2n) is 10.0. The van der Waals surface area contributed by atoms with Gasteiger partial charge in [0.05, 0.1) is 26.2 Å². The normalized spacial score (nSPS) is 11.5. The van der Waals surface area contributed by atoms with E-state index in [9.17, 15) is 4.79 Å². The standard InChI is InChI=1S/C30H33N5O3S/c1-20-7-14-24(15-8-20)35-28(22-10-12-23(13-11-22)30(2,3)4)33-34-29(35)39-19-27(36)32-31-18-21-9-16-25(37-5)26(17-21)38-6/h7-18H,19H2,1-6H3,(H,32,36). The number of hydrogen-bond acceptors (Lipinski definition) is 7. The van der Waals surface area contributed by atoms with Gasteiger partial charge in [-0.15, -0.1) is 10.2 Å². The number of benzene rings is 3. The first-order chi connectivity index (χ1) is 18.7. The zero-order valence-corrected chi connectivity index (χ0v) is 23.9. The summed E-state index contributed by atoms with van der Waals surface area (Å²) >= 11 is 1.30. The van der Waals surface area contributed by atoms with Crippen LogP contribution >= 0.6 is 11.8 Å². The number of nitrogens with zero attached hydrogens (tertiary/aromatic N) is 4. The number of aromatic nitrogens is 3. The van der Waals surface area contributed by atoms with Crippen molar-refractivity contribution in [2.75, 3.05) is 20.0 Å². The number of methoxy groups -OCH3 is 2. The average molecular weight is 544 g/mol. The Morgan fingerprint density at radius 3 is 2.31 bits per heavy atom. The Morgan fingerprint density at radius 1 is 0.974 bits per heavy atom. The Kier molecular flexibility index (Phi) is 8.71. The van der Waals surface area contributed by atoms with Crippen molar-refractivity contribution in [3.05, 3.63) is 83.4 Å². The monoisotopic (exact) mass is 543 g/mol. The lowest BCUT2D eigenvalue weighted by molar-refractivity contribution is -0.118. The molecule has 0 aliphatic heterocycles. The molecule has 1 heterocycles. The quantitative estimate of drug-likeness (QED) is 0.163. The Balaban J connectivity index is 1.51. The third-order valence-corrected chi connectivity index (χ3v) is 7.01. The van der Waals surface area contributed by atoms with Crippen LogP contribution in [0, 0.1) is 6.92 Å². The number of aryl methyl sites for hydroxylation is 1. The summed E-state index contributed by atoms with van der Waals surface area (Å²) in [4.78, 5) is 12.6. The molecule has 0 aliphatic carbocycles. The number of hydrazone groups is 1. The molecule has 3 aromatic carbocycles. The van der Waals surface area contributed by atoms with Gasteiger partial charge < -0.3 is 9.47 Å². The highest BCUT2D eigenvalue weighted by molar-refractivity contribution is 7.99. The van der Waals surface area contributed by atoms with Gasteiger partial charge in [0.2, 0.25) is 0 Å². The van der Waals surface area contributed by atoms with E-state index in [1.807, 2.05) is 41.8 Å². The third-order valence-electron chi connectivity index (χ3n) is 6.08. The predicted molar refractivity (Wildman–Crippen MR) is 156 cm³/mol. The molecule has 0 aliphatic rings. The van der Waals surface area contributed by atoms with Crippen LogP contribution in [0.15, 0.2) is 77.0 Å². The van der Waals surface area contributed by atoms with E-state index in [1.165, 1.54) is 17.3 Å². The zero-order chi connectivity index (χ0) is 28.0. The molecule has 8 nitrogen and oxygen atoms in total. The van der Waals surface area contributed by atoms with E-state index in [4.69, 9.17) is 9.47 Å². The fraction of sp³-hybridized carbons (Fsp3) is 0.267. The SMILES string of the molecule is COc1ccc(C=NNC(=O)CSc2nnc(-c3ccc(C(C)(C)C)cc3)n2-c2ccc(C)cc2)cc1OC. The Hall–Kier alpha value is -4.11. The fourth-order valence-electron chi connectivity index (χ4n) is 3.87. The Morgan fingerprint density at radius 2 is 1.67 bits per heavy atom. The highest BCUT2D eigenvalue weighted by Crippen LogP contribution is 2.30. The summed E-state index contributed by atoms with van der Waals surface area (Å²) in [5, 5.41) is 13.6. The van der Waals surface area contributed by atoms with Crippen molar-refractivity contribution < 1.29 is 14.3 Å². The second kappa shape index (κ2) is 12.2. The van der Waals surface area contributed by atoms with Crippen LogP contribution in [0.1, 0.15) is 37.5 Å². The van der Waals surface area contributed by atoms with Gasteiger partial charge in [-0.25, -0.2) is 5.43 Å². The highest BCUT2D eigenvalue weighted by atomic mass is 32.2. The Labute approximate surface area is 233 Å². The molecule has 1 N–H and O–H groups in total. The number of carbonyl (C=O) groups is 1. The number of rotatable bonds is 9. The third kappa shape index (κ3) is 6.86. The molecule has 0 saturated heterocycles. The maximum atomic E-state index is 12.6. The molecule has 1 aromatic heterocycles. The first-order valence-corrected chi connectivity index (χ1v) is 13.5. The fourth-order valence-corrected chi connectivity index (χ4v) is 4.61. The molecule has 0 fully saturated rings. The molecule has 4 rings (SSSR count). The summed E-state index contributed by atoms with van der Waals surface area (Å²) in [6.45, 7) is 8.61. The summed E-state index contributed by atoms with van der Waals surface area (Å²) in [6.07, 6.45) is 1.55. The van der Waals surface area contributed by atoms with Crippen molar-refractivity contribution in [3.8, 4) is 28.6 Å². The van der Waals surface area contributed by atoms with Crippen LogP contribution in [0.3, 0.4) is 0 Å². The first-order valence-electron chi connectivity index (χ1n) is 12.5. The molecule has 1 amide bonds. The maximum Gasteiger partial charge on any atom is 0.250 e. The van der Waals surface area contributed by atoms with Crippen LogP contribution in [0.4, 0.5) is 0 Å². The van der Waals surface area contributed by atoms with Crippen molar-refractivity contribution in [2.24, 2.45) is 5.10 Å². The molecular formula is C30H33N5O3S. The Bertz CT molecular complexity index is 1460. The highest BCUT2D eigenvalue weighted by Gasteiger charge is 2.19. The minimum atomic E-state index is -0.258. The van der Waals surface area contributed by atoms with E-state index < -0.39 is 0 Å². The molecule has 0 saturated carbocycles. The minimum absolute atomic E-state index is 0.0550.